The van der Waals surface area contributed by atoms with Crippen molar-refractivity contribution >= 4 is 23.5 Å². The first kappa shape index (κ1) is 26.7. The number of hydrogen-bond acceptors (Lipinski definition) is 6. The molecule has 4 rings (SSSR count). The lowest BCUT2D eigenvalue weighted by molar-refractivity contribution is -0.192. The van der Waals surface area contributed by atoms with E-state index in [1.165, 1.54) is 0 Å². The second-order valence-electron chi connectivity index (χ2n) is 9.11. The summed E-state index contributed by atoms with van der Waals surface area (Å²) < 4.78 is 43.3. The maximum Gasteiger partial charge on any atom is 0.490 e. The number of halogens is 3. The Morgan fingerprint density at radius 2 is 1.83 bits per heavy atom. The molecule has 3 fully saturated rings. The van der Waals surface area contributed by atoms with E-state index < -0.39 is 18.2 Å². The number of amides is 2. The standard InChI is InChI=1S/C21H29N3O4.C2HF3O2/c1-23-13-18(19(25)22-16-4-3-5-17(12-16)27-2)28-21(14-23)8-10-24(11-9-21)20(26)15-6-7-15;3-2(4,5)1(6)7/h3-5,12,15,18H,6-11,13-14H2,1-2H3,(H,22,25);(H,6,7). The van der Waals surface area contributed by atoms with Crippen LogP contribution in [0.4, 0.5) is 18.9 Å². The second kappa shape index (κ2) is 10.8. The largest absolute Gasteiger partial charge is 0.497 e. The Balaban J connectivity index is 0.000000429. The van der Waals surface area contributed by atoms with E-state index in [0.29, 0.717) is 37.0 Å². The van der Waals surface area contributed by atoms with Crippen LogP contribution < -0.4 is 10.1 Å². The summed E-state index contributed by atoms with van der Waals surface area (Å²) in [7, 11) is 3.63. The van der Waals surface area contributed by atoms with Crippen molar-refractivity contribution in [2.24, 2.45) is 5.92 Å². The number of carboxylic acids is 1. The summed E-state index contributed by atoms with van der Waals surface area (Å²) in [6.07, 6.45) is -1.99. The van der Waals surface area contributed by atoms with E-state index in [-0.39, 0.29) is 17.4 Å². The third-order valence-electron chi connectivity index (χ3n) is 6.21. The number of nitrogens with zero attached hydrogens (tertiary/aromatic N) is 2. The van der Waals surface area contributed by atoms with Crippen molar-refractivity contribution in [1.82, 2.24) is 9.80 Å². The van der Waals surface area contributed by atoms with Gasteiger partial charge in [0.1, 0.15) is 11.9 Å². The molecule has 0 radical (unpaired) electrons. The maximum absolute atomic E-state index is 12.8. The molecule has 1 atom stereocenters. The highest BCUT2D eigenvalue weighted by Crippen LogP contribution is 2.36. The molecule has 2 N–H and O–H groups in total. The van der Waals surface area contributed by atoms with Crippen molar-refractivity contribution in [2.75, 3.05) is 45.7 Å². The fourth-order valence-electron chi connectivity index (χ4n) is 4.27. The number of hydrogen-bond donors (Lipinski definition) is 2. The topological polar surface area (TPSA) is 108 Å². The van der Waals surface area contributed by atoms with E-state index in [1.807, 2.05) is 30.1 Å². The third kappa shape index (κ3) is 7.31. The molecule has 35 heavy (non-hydrogen) atoms. The van der Waals surface area contributed by atoms with Crippen LogP contribution in [0.15, 0.2) is 24.3 Å². The van der Waals surface area contributed by atoms with Crippen LogP contribution in [0.2, 0.25) is 0 Å². The monoisotopic (exact) mass is 501 g/mol. The number of ether oxygens (including phenoxy) is 2. The van der Waals surface area contributed by atoms with Crippen LogP contribution in [0.3, 0.4) is 0 Å². The molecular weight excluding hydrogens is 471 g/mol. The first-order valence-corrected chi connectivity index (χ1v) is 11.3. The Labute approximate surface area is 201 Å². The van der Waals surface area contributed by atoms with Gasteiger partial charge in [-0.1, -0.05) is 6.07 Å². The van der Waals surface area contributed by atoms with Gasteiger partial charge in [-0.25, -0.2) is 4.79 Å². The van der Waals surface area contributed by atoms with Gasteiger partial charge in [0.25, 0.3) is 5.91 Å². The highest BCUT2D eigenvalue weighted by Gasteiger charge is 2.46. The summed E-state index contributed by atoms with van der Waals surface area (Å²) >= 11 is 0. The number of anilines is 1. The molecule has 1 aliphatic carbocycles. The van der Waals surface area contributed by atoms with Crippen LogP contribution in [0.5, 0.6) is 5.75 Å². The van der Waals surface area contributed by atoms with Crippen LogP contribution in [0, 0.1) is 5.92 Å². The van der Waals surface area contributed by atoms with Crippen LogP contribution in [-0.2, 0) is 19.1 Å². The molecule has 1 aromatic carbocycles. The number of likely N-dealkylation sites (tertiary alicyclic amines) is 1. The van der Waals surface area contributed by atoms with Crippen molar-refractivity contribution in [3.63, 3.8) is 0 Å². The number of methoxy groups -OCH3 is 1. The van der Waals surface area contributed by atoms with Crippen LogP contribution >= 0.6 is 0 Å². The number of rotatable bonds is 4. The van der Waals surface area contributed by atoms with Gasteiger partial charge in [-0.05, 0) is 44.9 Å². The van der Waals surface area contributed by atoms with Crippen LogP contribution in [0.25, 0.3) is 0 Å². The number of carbonyl (C=O) groups is 3. The average Bonchev–Trinajstić information content (AvgIpc) is 3.64. The molecule has 0 bridgehead atoms. The van der Waals surface area contributed by atoms with Crippen molar-refractivity contribution in [3.05, 3.63) is 24.3 Å². The molecule has 0 aromatic heterocycles. The number of benzene rings is 1. The van der Waals surface area contributed by atoms with Crippen LogP contribution in [-0.4, -0.2) is 90.9 Å². The van der Waals surface area contributed by atoms with Gasteiger partial charge < -0.3 is 29.7 Å². The number of alkyl halides is 3. The van der Waals surface area contributed by atoms with Gasteiger partial charge in [-0.2, -0.15) is 13.2 Å². The molecule has 1 spiro atoms. The first-order chi connectivity index (χ1) is 16.4. The van der Waals surface area contributed by atoms with E-state index >= 15 is 0 Å². The first-order valence-electron chi connectivity index (χ1n) is 11.3. The molecule has 2 saturated heterocycles. The lowest BCUT2D eigenvalue weighted by Gasteiger charge is -2.48. The normalized spacial score (nSPS) is 22.1. The maximum atomic E-state index is 12.8. The molecule has 3 aliphatic rings. The minimum atomic E-state index is -5.08. The van der Waals surface area contributed by atoms with Crippen LogP contribution in [0.1, 0.15) is 25.7 Å². The molecule has 9 nitrogen and oxygen atoms in total. The summed E-state index contributed by atoms with van der Waals surface area (Å²) in [6.45, 7) is 2.78. The Morgan fingerprint density at radius 3 is 2.37 bits per heavy atom. The summed E-state index contributed by atoms with van der Waals surface area (Å²) in [4.78, 5) is 38.2. The molecular formula is C23H30F3N3O6. The van der Waals surface area contributed by atoms with Gasteiger partial charge in [-0.15, -0.1) is 0 Å². The van der Waals surface area contributed by atoms with Gasteiger partial charge in [0.05, 0.1) is 12.7 Å². The molecule has 1 unspecified atom stereocenters. The van der Waals surface area contributed by atoms with Gasteiger partial charge >= 0.3 is 12.1 Å². The second-order valence-corrected chi connectivity index (χ2v) is 9.11. The molecule has 194 valence electrons. The molecule has 12 heteroatoms. The highest BCUT2D eigenvalue weighted by atomic mass is 19.4. The van der Waals surface area contributed by atoms with Gasteiger partial charge in [0.2, 0.25) is 5.91 Å². The minimum Gasteiger partial charge on any atom is -0.497 e. The molecule has 1 aromatic rings. The number of likely N-dealkylation sites (N-methyl/N-ethyl adjacent to an activating group) is 1. The van der Waals surface area contributed by atoms with Crippen molar-refractivity contribution < 1.29 is 42.1 Å². The lowest BCUT2D eigenvalue weighted by Crippen LogP contribution is -2.61. The summed E-state index contributed by atoms with van der Waals surface area (Å²) in [6, 6.07) is 7.32. The summed E-state index contributed by atoms with van der Waals surface area (Å²) in [5.74, 6) is -1.65. The number of carboxylic acid groups (broad SMARTS) is 1. The number of piperidine rings is 1. The molecule has 1 saturated carbocycles. The average molecular weight is 502 g/mol. The smallest absolute Gasteiger partial charge is 0.490 e. The Hall–Kier alpha value is -2.86. The third-order valence-corrected chi connectivity index (χ3v) is 6.21. The van der Waals surface area contributed by atoms with Gasteiger partial charge in [-0.3, -0.25) is 9.59 Å². The van der Waals surface area contributed by atoms with Crippen molar-refractivity contribution in [3.8, 4) is 5.75 Å². The molecule has 2 amide bonds. The fourth-order valence-corrected chi connectivity index (χ4v) is 4.27. The predicted molar refractivity (Wildman–Crippen MR) is 119 cm³/mol. The molecule has 2 heterocycles. The Bertz CT molecular complexity index is 929. The van der Waals surface area contributed by atoms with E-state index in [1.54, 1.807) is 13.2 Å². The minimum absolute atomic E-state index is 0.143. The van der Waals surface area contributed by atoms with E-state index in [4.69, 9.17) is 19.4 Å². The quantitative estimate of drug-likeness (QED) is 0.652. The summed E-state index contributed by atoms with van der Waals surface area (Å²) in [5.41, 5.74) is 0.337. The van der Waals surface area contributed by atoms with E-state index in [0.717, 1.165) is 32.2 Å². The zero-order valence-corrected chi connectivity index (χ0v) is 19.6. The SMILES string of the molecule is COc1cccc(NC(=O)C2CN(C)CC3(CCN(C(=O)C4CC4)CC3)O2)c1.O=C(O)C(F)(F)F. The summed E-state index contributed by atoms with van der Waals surface area (Å²) in [5, 5.41) is 10.1. The van der Waals surface area contributed by atoms with Gasteiger partial charge in [0, 0.05) is 43.9 Å². The Kier molecular flexibility index (Phi) is 8.26. The zero-order chi connectivity index (χ0) is 25.8. The number of morpholine rings is 1. The molecule has 2 aliphatic heterocycles. The predicted octanol–water partition coefficient (Wildman–Crippen LogP) is 2.37. The van der Waals surface area contributed by atoms with Gasteiger partial charge in [0.15, 0.2) is 0 Å². The van der Waals surface area contributed by atoms with E-state index in [2.05, 4.69) is 10.2 Å². The van der Waals surface area contributed by atoms with E-state index in [9.17, 15) is 22.8 Å². The number of carbonyl (C=O) groups excluding carboxylic acids is 2. The van der Waals surface area contributed by atoms with Crippen molar-refractivity contribution in [1.29, 1.82) is 0 Å². The Morgan fingerprint density at radius 1 is 1.20 bits per heavy atom. The number of aliphatic carboxylic acids is 1. The zero-order valence-electron chi connectivity index (χ0n) is 19.6. The fraction of sp³-hybridized carbons (Fsp3) is 0.609. The lowest BCUT2D eigenvalue weighted by atomic mass is 9.88. The number of nitrogens with one attached hydrogen (secondary N) is 1. The highest BCUT2D eigenvalue weighted by molar-refractivity contribution is 5.94. The van der Waals surface area contributed by atoms with Crippen molar-refractivity contribution in [2.45, 2.75) is 43.6 Å².